The molecular formula is C17H15ClN6O2. The topological polar surface area (TPSA) is 106 Å². The van der Waals surface area contributed by atoms with E-state index in [2.05, 4.69) is 25.6 Å². The number of hydrogen-bond donors (Lipinski definition) is 2. The Morgan fingerprint density at radius 1 is 1.04 bits per heavy atom. The number of nitrogens with zero attached hydrogens (tertiary/aromatic N) is 4. The van der Waals surface area contributed by atoms with E-state index in [1.54, 1.807) is 24.4 Å². The number of hydrogen-bond acceptors (Lipinski definition) is 7. The van der Waals surface area contributed by atoms with Crippen LogP contribution in [0.4, 0.5) is 28.8 Å². The molecule has 0 aliphatic carbocycles. The summed E-state index contributed by atoms with van der Waals surface area (Å²) in [6.07, 6.45) is 2.89. The summed E-state index contributed by atoms with van der Waals surface area (Å²) >= 11 is 6.11. The maximum atomic E-state index is 11.6. The third-order valence-corrected chi connectivity index (χ3v) is 4.00. The molecule has 3 aromatic rings. The molecule has 1 aromatic carbocycles. The Hall–Kier alpha value is -3.26. The minimum atomic E-state index is -0.547. The number of rotatable bonds is 5. The molecule has 0 spiro atoms. The zero-order valence-corrected chi connectivity index (χ0v) is 14.8. The predicted molar refractivity (Wildman–Crippen MR) is 100 cm³/mol. The fraction of sp³-hybridized carbons (Fsp3) is 0.118. The van der Waals surface area contributed by atoms with E-state index < -0.39 is 4.92 Å². The minimum Gasteiger partial charge on any atom is -0.334 e. The van der Waals surface area contributed by atoms with E-state index >= 15 is 0 Å². The van der Waals surface area contributed by atoms with Crippen LogP contribution in [0.3, 0.4) is 0 Å². The minimum absolute atomic E-state index is 0.0436. The Morgan fingerprint density at radius 2 is 1.77 bits per heavy atom. The number of aryl methyl sites for hydroxylation is 2. The molecule has 0 aliphatic rings. The van der Waals surface area contributed by atoms with Gasteiger partial charge in [0.15, 0.2) is 0 Å². The lowest BCUT2D eigenvalue weighted by atomic mass is 10.2. The highest BCUT2D eigenvalue weighted by molar-refractivity contribution is 6.31. The lowest BCUT2D eigenvalue weighted by Crippen LogP contribution is -2.06. The largest absolute Gasteiger partial charge is 0.353 e. The van der Waals surface area contributed by atoms with Crippen molar-refractivity contribution >= 4 is 40.4 Å². The van der Waals surface area contributed by atoms with Crippen LogP contribution in [0.25, 0.3) is 0 Å². The SMILES string of the molecule is Cc1ccc(Nc2ncnc(Nc3ccc(C)c(Cl)c3)c2[N+](=O)[O-])nc1. The molecule has 0 radical (unpaired) electrons. The summed E-state index contributed by atoms with van der Waals surface area (Å²) in [7, 11) is 0. The van der Waals surface area contributed by atoms with Crippen LogP contribution in [0.5, 0.6) is 0 Å². The molecule has 0 aliphatic heterocycles. The first-order valence-corrected chi connectivity index (χ1v) is 8.04. The van der Waals surface area contributed by atoms with E-state index in [9.17, 15) is 10.1 Å². The highest BCUT2D eigenvalue weighted by atomic mass is 35.5. The molecule has 26 heavy (non-hydrogen) atoms. The van der Waals surface area contributed by atoms with E-state index in [4.69, 9.17) is 11.6 Å². The molecule has 2 heterocycles. The van der Waals surface area contributed by atoms with Gasteiger partial charge in [-0.3, -0.25) is 10.1 Å². The summed E-state index contributed by atoms with van der Waals surface area (Å²) in [5.74, 6) is 0.545. The highest BCUT2D eigenvalue weighted by Gasteiger charge is 2.23. The molecular weight excluding hydrogens is 356 g/mol. The summed E-state index contributed by atoms with van der Waals surface area (Å²) < 4.78 is 0. The van der Waals surface area contributed by atoms with Gasteiger partial charge in [0.2, 0.25) is 11.6 Å². The maximum absolute atomic E-state index is 11.6. The Kier molecular flexibility index (Phi) is 4.94. The Labute approximate surface area is 154 Å². The van der Waals surface area contributed by atoms with Crippen LogP contribution in [-0.2, 0) is 0 Å². The highest BCUT2D eigenvalue weighted by Crippen LogP contribution is 2.33. The van der Waals surface area contributed by atoms with E-state index in [-0.39, 0.29) is 17.3 Å². The van der Waals surface area contributed by atoms with E-state index in [1.165, 1.54) is 6.33 Å². The van der Waals surface area contributed by atoms with Crippen LogP contribution in [0.2, 0.25) is 5.02 Å². The van der Waals surface area contributed by atoms with Crippen LogP contribution < -0.4 is 10.6 Å². The summed E-state index contributed by atoms with van der Waals surface area (Å²) in [5, 5.41) is 17.9. The fourth-order valence-corrected chi connectivity index (χ4v) is 2.39. The quantitative estimate of drug-likeness (QED) is 0.501. The molecule has 0 bridgehead atoms. The van der Waals surface area contributed by atoms with Crippen molar-refractivity contribution in [1.82, 2.24) is 15.0 Å². The van der Waals surface area contributed by atoms with Crippen molar-refractivity contribution in [1.29, 1.82) is 0 Å². The number of anilines is 4. The number of nitro groups is 1. The lowest BCUT2D eigenvalue weighted by Gasteiger charge is -2.10. The van der Waals surface area contributed by atoms with Gasteiger partial charge in [0.25, 0.3) is 0 Å². The van der Waals surface area contributed by atoms with Crippen molar-refractivity contribution in [3.05, 3.63) is 69.1 Å². The zero-order valence-electron chi connectivity index (χ0n) is 14.0. The third kappa shape index (κ3) is 3.86. The summed E-state index contributed by atoms with van der Waals surface area (Å²) in [5.41, 5.74) is 2.18. The Bertz CT molecular complexity index is 962. The first-order valence-electron chi connectivity index (χ1n) is 7.66. The van der Waals surface area contributed by atoms with Gasteiger partial charge in [-0.25, -0.2) is 15.0 Å². The molecule has 3 rings (SSSR count). The number of benzene rings is 1. The van der Waals surface area contributed by atoms with Gasteiger partial charge >= 0.3 is 5.69 Å². The molecule has 9 heteroatoms. The van der Waals surface area contributed by atoms with Crippen molar-refractivity contribution in [3.63, 3.8) is 0 Å². The summed E-state index contributed by atoms with van der Waals surface area (Å²) in [6, 6.07) is 8.82. The van der Waals surface area contributed by atoms with Gasteiger partial charge in [-0.15, -0.1) is 0 Å². The van der Waals surface area contributed by atoms with Gasteiger partial charge in [-0.2, -0.15) is 0 Å². The summed E-state index contributed by atoms with van der Waals surface area (Å²) in [6.45, 7) is 3.77. The Balaban J connectivity index is 1.96. The monoisotopic (exact) mass is 370 g/mol. The fourth-order valence-electron chi connectivity index (χ4n) is 2.21. The van der Waals surface area contributed by atoms with Crippen LogP contribution in [-0.4, -0.2) is 19.9 Å². The molecule has 2 N–H and O–H groups in total. The van der Waals surface area contributed by atoms with Crippen LogP contribution in [0.15, 0.2) is 42.9 Å². The number of halogens is 1. The van der Waals surface area contributed by atoms with Gasteiger partial charge in [-0.1, -0.05) is 23.7 Å². The number of aromatic nitrogens is 3. The van der Waals surface area contributed by atoms with E-state index in [1.807, 2.05) is 26.0 Å². The Morgan fingerprint density at radius 3 is 2.38 bits per heavy atom. The van der Waals surface area contributed by atoms with Crippen LogP contribution in [0, 0.1) is 24.0 Å². The normalized spacial score (nSPS) is 10.4. The third-order valence-electron chi connectivity index (χ3n) is 3.60. The molecule has 2 aromatic heterocycles. The van der Waals surface area contributed by atoms with Gasteiger partial charge in [0, 0.05) is 16.9 Å². The molecule has 0 amide bonds. The molecule has 0 atom stereocenters. The van der Waals surface area contributed by atoms with Crippen molar-refractivity contribution in [3.8, 4) is 0 Å². The average Bonchev–Trinajstić information content (AvgIpc) is 2.60. The molecule has 0 unspecified atom stereocenters. The average molecular weight is 371 g/mol. The standard InChI is InChI=1S/C17H15ClN6O2/c1-10-3-6-14(19-8-10)23-17-15(24(25)26)16(20-9-21-17)22-12-5-4-11(2)13(18)7-12/h3-9H,1-2H3,(H2,19,20,21,22,23). The van der Waals surface area contributed by atoms with Gasteiger partial charge < -0.3 is 10.6 Å². The van der Waals surface area contributed by atoms with Gasteiger partial charge in [-0.05, 0) is 43.2 Å². The molecule has 0 saturated carbocycles. The first kappa shape index (κ1) is 17.6. The van der Waals surface area contributed by atoms with E-state index in [0.29, 0.717) is 16.5 Å². The van der Waals surface area contributed by atoms with Crippen molar-refractivity contribution in [2.24, 2.45) is 0 Å². The number of nitrogens with one attached hydrogen (secondary N) is 2. The zero-order chi connectivity index (χ0) is 18.7. The maximum Gasteiger partial charge on any atom is 0.353 e. The van der Waals surface area contributed by atoms with Gasteiger partial charge in [0.1, 0.15) is 12.1 Å². The first-order chi connectivity index (χ1) is 12.4. The van der Waals surface area contributed by atoms with Crippen molar-refractivity contribution in [2.75, 3.05) is 10.6 Å². The van der Waals surface area contributed by atoms with Gasteiger partial charge in [0.05, 0.1) is 4.92 Å². The second kappa shape index (κ2) is 7.32. The van der Waals surface area contributed by atoms with Crippen molar-refractivity contribution < 1.29 is 4.92 Å². The molecule has 0 fully saturated rings. The summed E-state index contributed by atoms with van der Waals surface area (Å²) in [4.78, 5) is 23.2. The smallest absolute Gasteiger partial charge is 0.334 e. The molecule has 132 valence electrons. The van der Waals surface area contributed by atoms with Crippen LogP contribution in [0.1, 0.15) is 11.1 Å². The molecule has 0 saturated heterocycles. The lowest BCUT2D eigenvalue weighted by molar-refractivity contribution is -0.383. The predicted octanol–water partition coefficient (Wildman–Crippen LogP) is 4.54. The second-order valence-electron chi connectivity index (χ2n) is 5.61. The second-order valence-corrected chi connectivity index (χ2v) is 6.02. The van der Waals surface area contributed by atoms with Crippen LogP contribution >= 0.6 is 11.6 Å². The van der Waals surface area contributed by atoms with E-state index in [0.717, 1.165) is 11.1 Å². The number of pyridine rings is 1. The molecule has 8 nitrogen and oxygen atoms in total. The van der Waals surface area contributed by atoms with Crippen molar-refractivity contribution in [2.45, 2.75) is 13.8 Å².